The van der Waals surface area contributed by atoms with Gasteiger partial charge in [0.05, 0.1) is 23.7 Å². The number of ether oxygens (including phenoxy) is 1. The Morgan fingerprint density at radius 2 is 2.29 bits per heavy atom. The van der Waals surface area contributed by atoms with Gasteiger partial charge in [-0.2, -0.15) is 0 Å². The van der Waals surface area contributed by atoms with E-state index in [0.717, 1.165) is 11.4 Å². The Kier molecular flexibility index (Phi) is 3.53. The van der Waals surface area contributed by atoms with Crippen molar-refractivity contribution in [2.75, 3.05) is 7.11 Å². The summed E-state index contributed by atoms with van der Waals surface area (Å²) in [5.41, 5.74) is 0.228. The summed E-state index contributed by atoms with van der Waals surface area (Å²) in [6.07, 6.45) is 0. The van der Waals surface area contributed by atoms with Crippen molar-refractivity contribution in [1.82, 2.24) is 0 Å². The Bertz CT molecular complexity index is 411. The smallest absolute Gasteiger partial charge is 0.198 e. The van der Waals surface area contributed by atoms with Crippen LogP contribution in [-0.2, 0) is 11.3 Å². The van der Waals surface area contributed by atoms with Crippen molar-refractivity contribution in [2.24, 2.45) is 0 Å². The van der Waals surface area contributed by atoms with E-state index in [1.807, 2.05) is 0 Å². The number of benzene rings is 1. The van der Waals surface area contributed by atoms with Crippen LogP contribution in [0.5, 0.6) is 5.75 Å². The van der Waals surface area contributed by atoms with Crippen LogP contribution in [0.25, 0.3) is 0 Å². The second-order valence-corrected chi connectivity index (χ2v) is 2.86. The van der Waals surface area contributed by atoms with Gasteiger partial charge in [-0.05, 0) is 18.2 Å². The van der Waals surface area contributed by atoms with Crippen molar-refractivity contribution in [1.29, 1.82) is 0 Å². The Morgan fingerprint density at radius 3 is 2.86 bits per heavy atom. The Labute approximate surface area is 83.6 Å². The molecular formula is C9H7FO3S. The highest BCUT2D eigenvalue weighted by atomic mass is 32.1. The van der Waals surface area contributed by atoms with Crippen molar-refractivity contribution >= 4 is 22.4 Å². The highest BCUT2D eigenvalue weighted by Crippen LogP contribution is 2.17. The Hall–Kier alpha value is -1.49. The number of carbonyl (C=O) groups excluding carboxylic acids is 1. The van der Waals surface area contributed by atoms with E-state index in [1.54, 1.807) is 0 Å². The number of Topliss-reactive ketones (excluding diaryl/α,β-unsaturated/α-hetero) is 1. The molecule has 0 aromatic heterocycles. The summed E-state index contributed by atoms with van der Waals surface area (Å²) in [5.74, 6) is -1.01. The predicted octanol–water partition coefficient (Wildman–Crippen LogP) is 1.03. The molecule has 1 rings (SSSR count). The largest absolute Gasteiger partial charge is 0.494 e. The summed E-state index contributed by atoms with van der Waals surface area (Å²) in [6.45, 7) is 0. The number of halogens is 1. The molecule has 0 saturated heterocycles. The van der Waals surface area contributed by atoms with Crippen LogP contribution in [0, 0.1) is 5.82 Å². The molecule has 0 fully saturated rings. The van der Waals surface area contributed by atoms with E-state index >= 15 is 0 Å². The first kappa shape index (κ1) is 10.6. The van der Waals surface area contributed by atoms with Crippen LogP contribution in [0.3, 0.4) is 0 Å². The molecule has 1 aromatic carbocycles. The molecule has 0 radical (unpaired) electrons. The van der Waals surface area contributed by atoms with Gasteiger partial charge in [0.2, 0.25) is 0 Å². The fourth-order valence-corrected chi connectivity index (χ4v) is 1.15. The lowest BCUT2D eigenvalue weighted by Crippen LogP contribution is -2.01. The van der Waals surface area contributed by atoms with Crippen LogP contribution in [0.1, 0.15) is 10.4 Å². The van der Waals surface area contributed by atoms with Crippen LogP contribution in [0.15, 0.2) is 18.2 Å². The van der Waals surface area contributed by atoms with Crippen LogP contribution >= 0.6 is 0 Å². The second kappa shape index (κ2) is 4.66. The van der Waals surface area contributed by atoms with E-state index in [9.17, 15) is 13.4 Å². The first-order valence-electron chi connectivity index (χ1n) is 3.68. The van der Waals surface area contributed by atoms with Crippen molar-refractivity contribution in [2.45, 2.75) is 0 Å². The molecule has 0 unspecified atom stereocenters. The molecule has 0 atom stereocenters. The number of hydrogen-bond donors (Lipinski definition) is 0. The molecule has 74 valence electrons. The van der Waals surface area contributed by atoms with E-state index < -0.39 is 11.6 Å². The highest BCUT2D eigenvalue weighted by molar-refractivity contribution is 7.66. The number of ketones is 1. The maximum atomic E-state index is 12.9. The van der Waals surface area contributed by atoms with Crippen molar-refractivity contribution in [3.63, 3.8) is 0 Å². The fraction of sp³-hybridized carbons (Fsp3) is 0.111. The van der Waals surface area contributed by atoms with E-state index in [4.69, 9.17) is 0 Å². The molecule has 0 amide bonds. The standard InChI is InChI=1S/C9H7FO3S/c1-13-9-4-6(2-3-7(9)10)8(11)5-14-12/h2-5H,1H3. The number of carbonyl (C=O) groups is 1. The van der Waals surface area contributed by atoms with E-state index in [1.165, 1.54) is 19.2 Å². The number of hydrogen-bond acceptors (Lipinski definition) is 3. The molecule has 1 aromatic rings. The van der Waals surface area contributed by atoms with Gasteiger partial charge in [0.25, 0.3) is 0 Å². The normalized spacial score (nSPS) is 9.29. The lowest BCUT2D eigenvalue weighted by molar-refractivity contribution is 0.107. The number of methoxy groups -OCH3 is 1. The third-order valence-corrected chi connectivity index (χ3v) is 1.90. The summed E-state index contributed by atoms with van der Waals surface area (Å²) in [5, 5.41) is 0.909. The Balaban J connectivity index is 3.12. The van der Waals surface area contributed by atoms with Gasteiger partial charge in [0.1, 0.15) is 0 Å². The fourth-order valence-electron chi connectivity index (χ4n) is 0.925. The zero-order chi connectivity index (χ0) is 10.6. The lowest BCUT2D eigenvalue weighted by Gasteiger charge is -2.02. The predicted molar refractivity (Wildman–Crippen MR) is 51.5 cm³/mol. The minimum absolute atomic E-state index is 0.0138. The van der Waals surface area contributed by atoms with E-state index in [0.29, 0.717) is 0 Å². The van der Waals surface area contributed by atoms with Crippen LogP contribution in [0.2, 0.25) is 0 Å². The van der Waals surface area contributed by atoms with Gasteiger partial charge in [0.15, 0.2) is 17.3 Å². The van der Waals surface area contributed by atoms with Gasteiger partial charge < -0.3 is 4.74 Å². The monoisotopic (exact) mass is 214 g/mol. The molecule has 5 heteroatoms. The molecular weight excluding hydrogens is 207 g/mol. The summed E-state index contributed by atoms with van der Waals surface area (Å²) >= 11 is 0.0631. The number of rotatable bonds is 3. The van der Waals surface area contributed by atoms with Crippen LogP contribution in [-0.4, -0.2) is 22.5 Å². The quantitative estimate of drug-likeness (QED) is 0.557. The van der Waals surface area contributed by atoms with Gasteiger partial charge in [-0.25, -0.2) is 8.60 Å². The van der Waals surface area contributed by atoms with Gasteiger partial charge >= 0.3 is 0 Å². The average molecular weight is 214 g/mol. The summed E-state index contributed by atoms with van der Waals surface area (Å²) in [7, 11) is 1.30. The van der Waals surface area contributed by atoms with Crippen molar-refractivity contribution in [3.05, 3.63) is 29.6 Å². The molecule has 14 heavy (non-hydrogen) atoms. The zero-order valence-electron chi connectivity index (χ0n) is 7.32. The minimum Gasteiger partial charge on any atom is -0.494 e. The summed E-state index contributed by atoms with van der Waals surface area (Å²) in [6, 6.07) is 3.67. The van der Waals surface area contributed by atoms with E-state index in [-0.39, 0.29) is 22.6 Å². The molecule has 0 heterocycles. The third kappa shape index (κ3) is 2.26. The molecule has 0 saturated carbocycles. The molecule has 0 bridgehead atoms. The van der Waals surface area contributed by atoms with Gasteiger partial charge in [-0.15, -0.1) is 0 Å². The highest BCUT2D eigenvalue weighted by Gasteiger charge is 2.07. The SMILES string of the molecule is COc1cc(C(=O)C=S=O)ccc1F. The van der Waals surface area contributed by atoms with Gasteiger partial charge in [0, 0.05) is 5.56 Å². The topological polar surface area (TPSA) is 43.4 Å². The van der Waals surface area contributed by atoms with Gasteiger partial charge in [-0.3, -0.25) is 4.79 Å². The Morgan fingerprint density at radius 1 is 1.57 bits per heavy atom. The van der Waals surface area contributed by atoms with Crippen LogP contribution < -0.4 is 4.74 Å². The molecule has 3 nitrogen and oxygen atoms in total. The third-order valence-electron chi connectivity index (χ3n) is 1.59. The molecule has 0 spiro atoms. The van der Waals surface area contributed by atoms with E-state index in [2.05, 4.69) is 4.74 Å². The first-order chi connectivity index (χ1) is 6.69. The maximum Gasteiger partial charge on any atom is 0.198 e. The first-order valence-corrected chi connectivity index (χ1v) is 4.49. The van der Waals surface area contributed by atoms with Crippen molar-refractivity contribution in [3.8, 4) is 5.75 Å². The lowest BCUT2D eigenvalue weighted by atomic mass is 10.1. The molecule has 0 N–H and O–H groups in total. The molecule has 0 aliphatic heterocycles. The maximum absolute atomic E-state index is 12.9. The average Bonchev–Trinajstić information content (AvgIpc) is 2.19. The summed E-state index contributed by atoms with van der Waals surface area (Å²) in [4.78, 5) is 11.2. The van der Waals surface area contributed by atoms with Crippen LogP contribution in [0.4, 0.5) is 4.39 Å². The van der Waals surface area contributed by atoms with Crippen molar-refractivity contribution < 1.29 is 18.1 Å². The zero-order valence-corrected chi connectivity index (χ0v) is 8.14. The van der Waals surface area contributed by atoms with Gasteiger partial charge in [-0.1, -0.05) is 0 Å². The summed E-state index contributed by atoms with van der Waals surface area (Å²) < 4.78 is 27.7. The molecule has 0 aliphatic rings. The second-order valence-electron chi connectivity index (χ2n) is 2.43. The molecule has 0 aliphatic carbocycles. The minimum atomic E-state index is -0.543.